The number of nitrogens with zero attached hydrogens (tertiary/aromatic N) is 4. The molecule has 1 aromatic carbocycles. The second-order valence-corrected chi connectivity index (χ2v) is 6.51. The number of halogens is 3. The number of hydrogen-bond donors (Lipinski definition) is 1. The molecule has 0 aliphatic carbocycles. The summed E-state index contributed by atoms with van der Waals surface area (Å²) >= 11 is 0. The Morgan fingerprint density at radius 1 is 1.19 bits per heavy atom. The van der Waals surface area contributed by atoms with Crippen LogP contribution in [0.4, 0.5) is 30.5 Å². The van der Waals surface area contributed by atoms with Crippen LogP contribution in [0.3, 0.4) is 0 Å². The van der Waals surface area contributed by atoms with Crippen molar-refractivity contribution in [2.75, 3.05) is 36.4 Å². The van der Waals surface area contributed by atoms with Gasteiger partial charge in [0.25, 0.3) is 0 Å². The van der Waals surface area contributed by atoms with Gasteiger partial charge in [0.05, 0.1) is 5.56 Å². The molecule has 1 aliphatic rings. The van der Waals surface area contributed by atoms with Crippen LogP contribution in [0.2, 0.25) is 0 Å². The maximum atomic E-state index is 12.7. The zero-order chi connectivity index (χ0) is 19.4. The van der Waals surface area contributed by atoms with Gasteiger partial charge in [-0.1, -0.05) is 6.08 Å². The molecule has 0 unspecified atom stereocenters. The Morgan fingerprint density at radius 2 is 1.89 bits per heavy atom. The number of benzene rings is 1. The quantitative estimate of drug-likeness (QED) is 0.800. The third-order valence-corrected chi connectivity index (χ3v) is 4.58. The largest absolute Gasteiger partial charge is 0.416 e. The smallest absolute Gasteiger partial charge is 0.351 e. The minimum atomic E-state index is -4.35. The molecule has 0 saturated carbocycles. The molecule has 0 radical (unpaired) electrons. The summed E-state index contributed by atoms with van der Waals surface area (Å²) in [5, 5.41) is 3.09. The van der Waals surface area contributed by atoms with Crippen LogP contribution < -0.4 is 10.2 Å². The normalized spacial score (nSPS) is 18.4. The predicted molar refractivity (Wildman–Crippen MR) is 100 cm³/mol. The van der Waals surface area contributed by atoms with E-state index in [2.05, 4.69) is 38.6 Å². The third-order valence-electron chi connectivity index (χ3n) is 4.58. The topological polar surface area (TPSA) is 44.3 Å². The van der Waals surface area contributed by atoms with E-state index in [1.54, 1.807) is 12.4 Å². The van der Waals surface area contributed by atoms with Gasteiger partial charge in [0.2, 0.25) is 0 Å². The van der Waals surface area contributed by atoms with Crippen molar-refractivity contribution in [3.8, 4) is 0 Å². The Balaban J connectivity index is 1.76. The Hall–Kier alpha value is -2.61. The fourth-order valence-corrected chi connectivity index (χ4v) is 3.15. The number of piperazine rings is 1. The standard InChI is InChI=1S/C19H22F3N5/c1-3-10-26-11-12-27(13-14(26)2)18-17(23-8-9-24-18)25-16-6-4-15(5-7-16)19(20,21)22/h3-9,14H,1,10-13H2,2H3,(H,23,25)/t14-/m1/s1. The summed E-state index contributed by atoms with van der Waals surface area (Å²) in [5.74, 6) is 1.23. The van der Waals surface area contributed by atoms with Crippen molar-refractivity contribution in [3.05, 3.63) is 54.9 Å². The van der Waals surface area contributed by atoms with E-state index in [4.69, 9.17) is 0 Å². The first-order chi connectivity index (χ1) is 12.9. The van der Waals surface area contributed by atoms with Gasteiger partial charge < -0.3 is 10.2 Å². The van der Waals surface area contributed by atoms with E-state index in [0.29, 0.717) is 23.4 Å². The highest BCUT2D eigenvalue weighted by molar-refractivity contribution is 5.68. The van der Waals surface area contributed by atoms with E-state index < -0.39 is 11.7 Å². The Kier molecular flexibility index (Phi) is 5.65. The number of aromatic nitrogens is 2. The minimum Gasteiger partial charge on any atom is -0.351 e. The van der Waals surface area contributed by atoms with Crippen molar-refractivity contribution in [3.63, 3.8) is 0 Å². The fraction of sp³-hybridized carbons (Fsp3) is 0.368. The Morgan fingerprint density at radius 3 is 2.52 bits per heavy atom. The van der Waals surface area contributed by atoms with Crippen LogP contribution in [0, 0.1) is 0 Å². The van der Waals surface area contributed by atoms with Crippen LogP contribution in [0.1, 0.15) is 12.5 Å². The molecule has 0 bridgehead atoms. The number of anilines is 3. The van der Waals surface area contributed by atoms with Crippen LogP contribution >= 0.6 is 0 Å². The highest BCUT2D eigenvalue weighted by Gasteiger charge is 2.30. The van der Waals surface area contributed by atoms with Crippen LogP contribution in [0.25, 0.3) is 0 Å². The van der Waals surface area contributed by atoms with Crippen LogP contribution in [0.5, 0.6) is 0 Å². The lowest BCUT2D eigenvalue weighted by molar-refractivity contribution is -0.137. The van der Waals surface area contributed by atoms with Crippen molar-refractivity contribution >= 4 is 17.3 Å². The van der Waals surface area contributed by atoms with Crippen molar-refractivity contribution in [2.45, 2.75) is 19.1 Å². The molecule has 0 amide bonds. The number of hydrogen-bond acceptors (Lipinski definition) is 5. The summed E-state index contributed by atoms with van der Waals surface area (Å²) in [6.07, 6.45) is 0.727. The zero-order valence-corrected chi connectivity index (χ0v) is 15.1. The van der Waals surface area contributed by atoms with Crippen LogP contribution in [-0.2, 0) is 6.18 Å². The van der Waals surface area contributed by atoms with E-state index in [9.17, 15) is 13.2 Å². The SMILES string of the molecule is C=CCN1CCN(c2nccnc2Nc2ccc(C(F)(F)F)cc2)C[C@H]1C. The van der Waals surface area contributed by atoms with Crippen LogP contribution in [-0.4, -0.2) is 47.1 Å². The molecule has 144 valence electrons. The van der Waals surface area contributed by atoms with Crippen molar-refractivity contribution in [1.29, 1.82) is 0 Å². The highest BCUT2D eigenvalue weighted by Crippen LogP contribution is 2.31. The van der Waals surface area contributed by atoms with Gasteiger partial charge in [-0.2, -0.15) is 13.2 Å². The van der Waals surface area contributed by atoms with Crippen LogP contribution in [0.15, 0.2) is 49.3 Å². The lowest BCUT2D eigenvalue weighted by Crippen LogP contribution is -2.52. The average molecular weight is 377 g/mol. The van der Waals surface area contributed by atoms with Gasteiger partial charge in [-0.25, -0.2) is 9.97 Å². The van der Waals surface area contributed by atoms with E-state index >= 15 is 0 Å². The summed E-state index contributed by atoms with van der Waals surface area (Å²) in [7, 11) is 0. The molecule has 3 rings (SSSR count). The molecule has 8 heteroatoms. The Labute approximate surface area is 156 Å². The first-order valence-corrected chi connectivity index (χ1v) is 8.73. The van der Waals surface area contributed by atoms with E-state index in [1.807, 2.05) is 6.08 Å². The predicted octanol–water partition coefficient (Wildman–Crippen LogP) is 3.94. The van der Waals surface area contributed by atoms with E-state index in [0.717, 1.165) is 38.3 Å². The molecule has 1 atom stereocenters. The molecule has 5 nitrogen and oxygen atoms in total. The summed E-state index contributed by atoms with van der Waals surface area (Å²) in [5.41, 5.74) is -0.150. The first kappa shape index (κ1) is 19.2. The highest BCUT2D eigenvalue weighted by atomic mass is 19.4. The van der Waals surface area contributed by atoms with E-state index in [-0.39, 0.29) is 0 Å². The van der Waals surface area contributed by atoms with Gasteiger partial charge in [-0.15, -0.1) is 6.58 Å². The number of rotatable bonds is 5. The van der Waals surface area contributed by atoms with Gasteiger partial charge in [-0.3, -0.25) is 4.90 Å². The van der Waals surface area contributed by atoms with Gasteiger partial charge in [-0.05, 0) is 31.2 Å². The monoisotopic (exact) mass is 377 g/mol. The zero-order valence-electron chi connectivity index (χ0n) is 15.1. The third kappa shape index (κ3) is 4.57. The second-order valence-electron chi connectivity index (χ2n) is 6.51. The lowest BCUT2D eigenvalue weighted by atomic mass is 10.2. The molecule has 1 fully saturated rings. The molecule has 1 saturated heterocycles. The van der Waals surface area contributed by atoms with Gasteiger partial charge >= 0.3 is 6.18 Å². The lowest BCUT2D eigenvalue weighted by Gasteiger charge is -2.40. The number of alkyl halides is 3. The molecule has 1 aromatic heterocycles. The molecule has 0 spiro atoms. The molecular formula is C19H22F3N5. The molecule has 2 aromatic rings. The summed E-state index contributed by atoms with van der Waals surface area (Å²) in [6.45, 7) is 9.23. The maximum absolute atomic E-state index is 12.7. The minimum absolute atomic E-state index is 0.331. The van der Waals surface area contributed by atoms with Crippen molar-refractivity contribution in [2.24, 2.45) is 0 Å². The first-order valence-electron chi connectivity index (χ1n) is 8.73. The summed E-state index contributed by atoms with van der Waals surface area (Å²) in [6, 6.07) is 5.22. The summed E-state index contributed by atoms with van der Waals surface area (Å²) in [4.78, 5) is 13.3. The Bertz CT molecular complexity index is 776. The van der Waals surface area contributed by atoms with Gasteiger partial charge in [0.1, 0.15) is 0 Å². The van der Waals surface area contributed by atoms with Gasteiger partial charge in [0.15, 0.2) is 11.6 Å². The number of nitrogens with one attached hydrogen (secondary N) is 1. The maximum Gasteiger partial charge on any atom is 0.416 e. The van der Waals surface area contributed by atoms with Gasteiger partial charge in [0, 0.05) is 50.3 Å². The summed E-state index contributed by atoms with van der Waals surface area (Å²) < 4.78 is 38.2. The van der Waals surface area contributed by atoms with Crippen molar-refractivity contribution in [1.82, 2.24) is 14.9 Å². The molecular weight excluding hydrogens is 355 g/mol. The molecule has 27 heavy (non-hydrogen) atoms. The second kappa shape index (κ2) is 7.96. The van der Waals surface area contributed by atoms with Crippen molar-refractivity contribution < 1.29 is 13.2 Å². The molecule has 2 heterocycles. The average Bonchev–Trinajstić information content (AvgIpc) is 2.64. The molecule has 1 N–H and O–H groups in total. The van der Waals surface area contributed by atoms with E-state index in [1.165, 1.54) is 12.1 Å². The molecule has 1 aliphatic heterocycles. The fourth-order valence-electron chi connectivity index (χ4n) is 3.15.